The summed E-state index contributed by atoms with van der Waals surface area (Å²) < 4.78 is 54.2. The molecular weight excluding hydrogens is 965 g/mol. The van der Waals surface area contributed by atoms with Gasteiger partial charge in [0.05, 0.1) is 38.1 Å². The lowest BCUT2D eigenvalue weighted by molar-refractivity contribution is -0.375. The standard InChI is InChI=1S/C51H84O22/c1-20(18-65-46-41(62)38(59)34(55)29(17-52)71-46)7-10-31-51(6,64)44-28(70-31)16-27-25-9-8-23-15-24(11-13-49(23,4)26(25)12-14-50(27,44)5)69-48-43(73-47-42(63)37(58)33(54)22(3)68-47)39(60)35(56)30(72-48)19-66-45-40(61)36(57)32(53)21(2)67-45/h10,20-30,32-48,52-64H,7-9,11-19H2,1-6H3/b31-10-/t20?,21-,22-,23-,24-,25+,26-,27-,28-,29+,30+,32-,33-,34+,35+,36+,37+,38-,39-,40+,41+,42+,43+,44-,45+,46+,47-,48+,49-,50-,51+/m0/s1. The summed E-state index contributed by atoms with van der Waals surface area (Å²) in [4.78, 5) is 0. The monoisotopic (exact) mass is 1050 g/mol. The van der Waals surface area contributed by atoms with E-state index in [-0.39, 0.29) is 47.4 Å². The number of rotatable bonds is 13. The highest BCUT2D eigenvalue weighted by molar-refractivity contribution is 5.26. The van der Waals surface area contributed by atoms with Crippen LogP contribution in [-0.4, -0.2) is 227 Å². The van der Waals surface area contributed by atoms with Crippen molar-refractivity contribution >= 4 is 0 Å². The Kier molecular flexibility index (Phi) is 16.8. The molecule has 9 fully saturated rings. The van der Waals surface area contributed by atoms with Gasteiger partial charge in [-0.05, 0) is 125 Å². The quantitative estimate of drug-likeness (QED) is 0.0889. The molecule has 22 heteroatoms. The summed E-state index contributed by atoms with van der Waals surface area (Å²) in [6.07, 6.45) is -19.6. The minimum Gasteiger partial charge on any atom is -0.492 e. The van der Waals surface area contributed by atoms with Crippen LogP contribution in [-0.2, 0) is 42.6 Å². The van der Waals surface area contributed by atoms with Crippen LogP contribution in [0.3, 0.4) is 0 Å². The van der Waals surface area contributed by atoms with Gasteiger partial charge >= 0.3 is 0 Å². The van der Waals surface area contributed by atoms with Gasteiger partial charge in [-0.3, -0.25) is 0 Å². The first kappa shape index (κ1) is 56.4. The molecule has 5 heterocycles. The molecule has 22 nitrogen and oxygen atoms in total. The molecule has 4 aliphatic carbocycles. The average Bonchev–Trinajstić information content (AvgIpc) is 3.81. The summed E-state index contributed by atoms with van der Waals surface area (Å²) in [5.41, 5.74) is -1.40. The number of allylic oxidation sites excluding steroid dienone is 1. The first-order valence-corrected chi connectivity index (χ1v) is 26.8. The van der Waals surface area contributed by atoms with Crippen LogP contribution >= 0.6 is 0 Å². The molecule has 5 saturated heterocycles. The Balaban J connectivity index is 0.837. The number of aliphatic hydroxyl groups is 13. The molecule has 0 amide bonds. The molecule has 4 saturated carbocycles. The lowest BCUT2D eigenvalue weighted by atomic mass is 9.44. The highest BCUT2D eigenvalue weighted by Gasteiger charge is 2.69. The van der Waals surface area contributed by atoms with Gasteiger partial charge in [-0.2, -0.15) is 0 Å². The predicted octanol–water partition coefficient (Wildman–Crippen LogP) is -1.98. The fraction of sp³-hybridized carbons (Fsp3) is 0.961. The number of aliphatic hydroxyl groups excluding tert-OH is 12. The van der Waals surface area contributed by atoms with Gasteiger partial charge in [0.1, 0.15) is 103 Å². The van der Waals surface area contributed by atoms with Crippen LogP contribution in [0.1, 0.15) is 99.3 Å². The lowest BCUT2D eigenvalue weighted by Crippen LogP contribution is -2.65. The summed E-state index contributed by atoms with van der Waals surface area (Å²) in [6.45, 7) is 10.7. The van der Waals surface area contributed by atoms with Gasteiger partial charge in [-0.25, -0.2) is 0 Å². The third-order valence-electron chi connectivity index (χ3n) is 19.4. The Morgan fingerprint density at radius 1 is 0.603 bits per heavy atom. The van der Waals surface area contributed by atoms with E-state index in [4.69, 9.17) is 42.6 Å². The Labute approximate surface area is 426 Å². The number of ether oxygens (including phenoxy) is 9. The van der Waals surface area contributed by atoms with Gasteiger partial charge in [0.15, 0.2) is 25.2 Å². The van der Waals surface area contributed by atoms with Crippen molar-refractivity contribution in [2.24, 2.45) is 46.3 Å². The Bertz CT molecular complexity index is 1890. The SMILES string of the molecule is CC(C/C=C1\O[C@H]2C[C@H]3[C@@H]4CC[C@H]5C[C@@H](O[C@@H]6O[C@H](CO[C@@H]7O[C@@H](C)[C@H](O)[C@@H](O)[C@H]7O)[C@@H](O)[C@H](O)[C@H]6O[C@@H]6O[C@@H](C)[C@H](O)[C@@H](O)[C@H]6O)CC[C@]5(C)[C@H]4CC[C@]3(C)[C@H]2[C@]1(C)O)CO[C@@H]1O[C@H](CO)[C@@H](O)[C@H](O)[C@H]1O. The summed E-state index contributed by atoms with van der Waals surface area (Å²) in [5.74, 6) is 1.79. The van der Waals surface area contributed by atoms with Crippen molar-refractivity contribution in [2.75, 3.05) is 19.8 Å². The van der Waals surface area contributed by atoms with E-state index < -0.39 is 142 Å². The Morgan fingerprint density at radius 2 is 1.19 bits per heavy atom. The number of hydrogen-bond donors (Lipinski definition) is 13. The average molecular weight is 1050 g/mol. The van der Waals surface area contributed by atoms with E-state index in [1.165, 1.54) is 13.8 Å². The third kappa shape index (κ3) is 10.2. The van der Waals surface area contributed by atoms with Crippen LogP contribution < -0.4 is 0 Å². The molecule has 0 bridgehead atoms. The second kappa shape index (κ2) is 21.7. The normalized spacial score (nSPS) is 56.0. The van der Waals surface area contributed by atoms with Crippen molar-refractivity contribution in [1.82, 2.24) is 0 Å². The number of fused-ring (bicyclic) bond motifs is 7. The highest BCUT2D eigenvalue weighted by Crippen LogP contribution is 2.71. The van der Waals surface area contributed by atoms with Crippen LogP contribution in [0.25, 0.3) is 0 Å². The van der Waals surface area contributed by atoms with E-state index in [9.17, 15) is 66.4 Å². The molecular formula is C51H84O22. The molecule has 1 unspecified atom stereocenters. The highest BCUT2D eigenvalue weighted by atomic mass is 16.8. The van der Waals surface area contributed by atoms with Crippen molar-refractivity contribution in [1.29, 1.82) is 0 Å². The molecule has 73 heavy (non-hydrogen) atoms. The van der Waals surface area contributed by atoms with Crippen LogP contribution in [0.15, 0.2) is 11.8 Å². The maximum Gasteiger partial charge on any atom is 0.187 e. The fourth-order valence-electron chi connectivity index (χ4n) is 15.1. The molecule has 420 valence electrons. The molecule has 9 aliphatic rings. The van der Waals surface area contributed by atoms with Crippen molar-refractivity contribution in [2.45, 2.75) is 240 Å². The van der Waals surface area contributed by atoms with E-state index >= 15 is 0 Å². The molecule has 9 rings (SSSR count). The minimum absolute atomic E-state index is 0.0251. The van der Waals surface area contributed by atoms with Crippen molar-refractivity contribution < 1.29 is 109 Å². The zero-order valence-electron chi connectivity index (χ0n) is 42.7. The topological polar surface area (TPSA) is 346 Å². The van der Waals surface area contributed by atoms with Crippen LogP contribution in [0, 0.1) is 46.3 Å². The van der Waals surface area contributed by atoms with E-state index in [2.05, 4.69) is 13.8 Å². The molecule has 0 aromatic carbocycles. The predicted molar refractivity (Wildman–Crippen MR) is 249 cm³/mol. The first-order valence-electron chi connectivity index (χ1n) is 26.8. The second-order valence-corrected chi connectivity index (χ2v) is 24.0. The molecule has 31 atom stereocenters. The molecule has 5 aliphatic heterocycles. The maximum absolute atomic E-state index is 12.4. The van der Waals surface area contributed by atoms with Crippen LogP contribution in [0.5, 0.6) is 0 Å². The zero-order chi connectivity index (χ0) is 52.8. The Morgan fingerprint density at radius 3 is 1.86 bits per heavy atom. The van der Waals surface area contributed by atoms with Gasteiger partial charge in [0.25, 0.3) is 0 Å². The maximum atomic E-state index is 12.4. The fourth-order valence-corrected chi connectivity index (χ4v) is 15.1. The Hall–Kier alpha value is -1.30. The van der Waals surface area contributed by atoms with E-state index in [1.54, 1.807) is 0 Å². The van der Waals surface area contributed by atoms with Gasteiger partial charge < -0.3 is 109 Å². The lowest BCUT2D eigenvalue weighted by Gasteiger charge is -2.61. The molecule has 0 aromatic heterocycles. The van der Waals surface area contributed by atoms with Crippen LogP contribution in [0.4, 0.5) is 0 Å². The summed E-state index contributed by atoms with van der Waals surface area (Å²) in [7, 11) is 0. The van der Waals surface area contributed by atoms with Gasteiger partial charge in [-0.15, -0.1) is 0 Å². The first-order chi connectivity index (χ1) is 34.4. The minimum atomic E-state index is -1.72. The van der Waals surface area contributed by atoms with Crippen molar-refractivity contribution in [3.8, 4) is 0 Å². The number of hydrogen-bond acceptors (Lipinski definition) is 22. The van der Waals surface area contributed by atoms with Crippen molar-refractivity contribution in [3.63, 3.8) is 0 Å². The van der Waals surface area contributed by atoms with Gasteiger partial charge in [0.2, 0.25) is 0 Å². The largest absolute Gasteiger partial charge is 0.492 e. The second-order valence-electron chi connectivity index (χ2n) is 24.0. The summed E-state index contributed by atoms with van der Waals surface area (Å²) in [5, 5.41) is 139. The van der Waals surface area contributed by atoms with Crippen molar-refractivity contribution in [3.05, 3.63) is 11.8 Å². The summed E-state index contributed by atoms with van der Waals surface area (Å²) in [6, 6.07) is 0. The van der Waals surface area contributed by atoms with E-state index in [0.717, 1.165) is 38.5 Å². The smallest absolute Gasteiger partial charge is 0.187 e. The van der Waals surface area contributed by atoms with Gasteiger partial charge in [0, 0.05) is 5.92 Å². The van der Waals surface area contributed by atoms with Gasteiger partial charge in [-0.1, -0.05) is 20.8 Å². The molecule has 0 aromatic rings. The van der Waals surface area contributed by atoms with E-state index in [1.807, 2.05) is 19.9 Å². The molecule has 13 N–H and O–H groups in total. The molecule has 0 radical (unpaired) electrons. The molecule has 0 spiro atoms. The third-order valence-corrected chi connectivity index (χ3v) is 19.4. The zero-order valence-corrected chi connectivity index (χ0v) is 42.7. The van der Waals surface area contributed by atoms with E-state index in [0.29, 0.717) is 42.8 Å². The van der Waals surface area contributed by atoms with Crippen LogP contribution in [0.2, 0.25) is 0 Å². The summed E-state index contributed by atoms with van der Waals surface area (Å²) >= 11 is 0.